The third-order valence-corrected chi connectivity index (χ3v) is 1.56. The average molecular weight is 129 g/mol. The molecule has 0 aromatic carbocycles. The largest absolute Gasteiger partial charge is 0.388 e. The first-order valence-electron chi connectivity index (χ1n) is 3.09. The van der Waals surface area contributed by atoms with Crippen molar-refractivity contribution in [1.29, 1.82) is 0 Å². The molecule has 1 saturated heterocycles. The van der Waals surface area contributed by atoms with Crippen molar-refractivity contribution in [3.63, 3.8) is 0 Å². The van der Waals surface area contributed by atoms with Crippen LogP contribution < -0.4 is 5.32 Å². The van der Waals surface area contributed by atoms with Gasteiger partial charge < -0.3 is 10.4 Å². The van der Waals surface area contributed by atoms with Crippen LogP contribution in [0.4, 0.5) is 0 Å². The highest BCUT2D eigenvalue weighted by Crippen LogP contribution is 2.14. The van der Waals surface area contributed by atoms with Crippen LogP contribution >= 0.6 is 0 Å². The van der Waals surface area contributed by atoms with Crippen LogP contribution in [0.5, 0.6) is 0 Å². The Kier molecular flexibility index (Phi) is 1.45. The number of nitrogens with one attached hydrogen (secondary N) is 1. The third kappa shape index (κ3) is 1.68. The molecule has 2 N–H and O–H groups in total. The average Bonchev–Trinajstić information content (AvgIpc) is 1.78. The number of hydrogen-bond acceptors (Lipinski definition) is 2. The second-order valence-corrected chi connectivity index (χ2v) is 2.77. The van der Waals surface area contributed by atoms with E-state index in [1.807, 2.05) is 0 Å². The minimum Gasteiger partial charge on any atom is -0.388 e. The highest BCUT2D eigenvalue weighted by Gasteiger charge is 2.26. The molecule has 1 aliphatic heterocycles. The van der Waals surface area contributed by atoms with Gasteiger partial charge in [-0.1, -0.05) is 0 Å². The van der Waals surface area contributed by atoms with Gasteiger partial charge in [0.2, 0.25) is 5.91 Å². The van der Waals surface area contributed by atoms with Crippen molar-refractivity contribution < 1.29 is 9.90 Å². The second-order valence-electron chi connectivity index (χ2n) is 2.77. The lowest BCUT2D eigenvalue weighted by Crippen LogP contribution is -2.45. The van der Waals surface area contributed by atoms with Crippen molar-refractivity contribution in [2.45, 2.75) is 25.4 Å². The highest BCUT2D eigenvalue weighted by atomic mass is 16.3. The fraction of sp³-hybridized carbons (Fsp3) is 0.833. The minimum absolute atomic E-state index is 0.0431. The van der Waals surface area contributed by atoms with Crippen LogP contribution in [-0.2, 0) is 4.79 Å². The minimum atomic E-state index is -0.673. The quantitative estimate of drug-likeness (QED) is 0.469. The van der Waals surface area contributed by atoms with E-state index in [2.05, 4.69) is 5.32 Å². The molecule has 1 atom stereocenters. The fourth-order valence-electron chi connectivity index (χ4n) is 0.849. The monoisotopic (exact) mass is 129 g/mol. The molecule has 0 aromatic heterocycles. The van der Waals surface area contributed by atoms with E-state index in [4.69, 9.17) is 0 Å². The highest BCUT2D eigenvalue weighted by molar-refractivity contribution is 5.76. The number of amides is 1. The molecule has 1 heterocycles. The molecule has 0 aliphatic carbocycles. The summed E-state index contributed by atoms with van der Waals surface area (Å²) in [5, 5.41) is 11.9. The summed E-state index contributed by atoms with van der Waals surface area (Å²) < 4.78 is 0. The summed E-state index contributed by atoms with van der Waals surface area (Å²) in [6, 6.07) is 0. The summed E-state index contributed by atoms with van der Waals surface area (Å²) in [5.74, 6) is 0.0431. The van der Waals surface area contributed by atoms with E-state index in [0.29, 0.717) is 19.4 Å². The fourth-order valence-corrected chi connectivity index (χ4v) is 0.849. The van der Waals surface area contributed by atoms with Crippen LogP contribution in [0.3, 0.4) is 0 Å². The number of aliphatic hydroxyl groups is 1. The van der Waals surface area contributed by atoms with E-state index in [1.54, 1.807) is 6.92 Å². The van der Waals surface area contributed by atoms with Crippen LogP contribution in [0.1, 0.15) is 19.8 Å². The zero-order valence-corrected chi connectivity index (χ0v) is 5.48. The Morgan fingerprint density at radius 1 is 1.78 bits per heavy atom. The number of hydrogen-bond donors (Lipinski definition) is 2. The Labute approximate surface area is 54.1 Å². The molecule has 3 nitrogen and oxygen atoms in total. The topological polar surface area (TPSA) is 49.3 Å². The molecule has 3 heteroatoms. The number of carbonyl (C=O) groups excluding carboxylic acids is 1. The molecule has 9 heavy (non-hydrogen) atoms. The molecule has 0 radical (unpaired) electrons. The predicted molar refractivity (Wildman–Crippen MR) is 32.9 cm³/mol. The Morgan fingerprint density at radius 2 is 2.44 bits per heavy atom. The predicted octanol–water partition coefficient (Wildman–Crippen LogP) is -0.353. The summed E-state index contributed by atoms with van der Waals surface area (Å²) in [5.41, 5.74) is -0.673. The molecule has 52 valence electrons. The Balaban J connectivity index is 2.44. The number of carbonyl (C=O) groups is 1. The van der Waals surface area contributed by atoms with E-state index in [9.17, 15) is 9.90 Å². The van der Waals surface area contributed by atoms with Gasteiger partial charge in [-0.05, 0) is 13.3 Å². The van der Waals surface area contributed by atoms with Crippen molar-refractivity contribution in [2.75, 3.05) is 6.54 Å². The molecule has 0 saturated carbocycles. The molecule has 1 amide bonds. The van der Waals surface area contributed by atoms with Crippen LogP contribution in [0.15, 0.2) is 0 Å². The van der Waals surface area contributed by atoms with E-state index < -0.39 is 5.60 Å². The van der Waals surface area contributed by atoms with Crippen molar-refractivity contribution in [2.24, 2.45) is 0 Å². The normalized spacial score (nSPS) is 36.0. The molecule has 0 aromatic rings. The van der Waals surface area contributed by atoms with Gasteiger partial charge in [0.15, 0.2) is 0 Å². The molecule has 1 fully saturated rings. The van der Waals surface area contributed by atoms with Gasteiger partial charge in [0.05, 0.1) is 5.60 Å². The van der Waals surface area contributed by atoms with Gasteiger partial charge in [0, 0.05) is 13.0 Å². The van der Waals surface area contributed by atoms with Crippen molar-refractivity contribution >= 4 is 5.91 Å². The van der Waals surface area contributed by atoms with Crippen molar-refractivity contribution in [3.8, 4) is 0 Å². The van der Waals surface area contributed by atoms with Gasteiger partial charge in [-0.15, -0.1) is 0 Å². The SMILES string of the molecule is CC1(O)CCC(=O)NC1. The first kappa shape index (κ1) is 6.55. The van der Waals surface area contributed by atoms with Crippen LogP contribution in [-0.4, -0.2) is 23.2 Å². The lowest BCUT2D eigenvalue weighted by molar-refractivity contribution is -0.126. The summed E-state index contributed by atoms with van der Waals surface area (Å²) >= 11 is 0. The Morgan fingerprint density at radius 3 is 2.78 bits per heavy atom. The summed E-state index contributed by atoms with van der Waals surface area (Å²) in [7, 11) is 0. The lowest BCUT2D eigenvalue weighted by atomic mass is 9.97. The van der Waals surface area contributed by atoms with Crippen molar-refractivity contribution in [3.05, 3.63) is 0 Å². The van der Waals surface area contributed by atoms with Gasteiger partial charge in [-0.25, -0.2) is 0 Å². The maximum atomic E-state index is 10.5. The number of β-amino-alcohol motifs (C(OH)–C–C–N with tert-alkyl or cyclic N) is 1. The molecule has 1 aliphatic rings. The Bertz CT molecular complexity index is 119. The van der Waals surface area contributed by atoms with E-state index >= 15 is 0 Å². The zero-order chi connectivity index (χ0) is 6.91. The van der Waals surface area contributed by atoms with Gasteiger partial charge in [-0.3, -0.25) is 4.79 Å². The molecule has 0 spiro atoms. The summed E-state index contributed by atoms with van der Waals surface area (Å²) in [6.07, 6.45) is 1.03. The van der Waals surface area contributed by atoms with Gasteiger partial charge in [-0.2, -0.15) is 0 Å². The maximum absolute atomic E-state index is 10.5. The number of piperidine rings is 1. The van der Waals surface area contributed by atoms with Crippen molar-refractivity contribution in [1.82, 2.24) is 5.32 Å². The lowest BCUT2D eigenvalue weighted by Gasteiger charge is -2.27. The third-order valence-electron chi connectivity index (χ3n) is 1.56. The first-order valence-corrected chi connectivity index (χ1v) is 3.09. The smallest absolute Gasteiger partial charge is 0.220 e. The molecule has 0 bridgehead atoms. The van der Waals surface area contributed by atoms with E-state index in [0.717, 1.165) is 0 Å². The number of rotatable bonds is 0. The second kappa shape index (κ2) is 1.99. The van der Waals surface area contributed by atoms with E-state index in [1.165, 1.54) is 0 Å². The summed E-state index contributed by atoms with van der Waals surface area (Å²) in [4.78, 5) is 10.5. The summed E-state index contributed by atoms with van der Waals surface area (Å²) in [6.45, 7) is 2.12. The zero-order valence-electron chi connectivity index (χ0n) is 5.48. The van der Waals surface area contributed by atoms with Gasteiger partial charge in [0.1, 0.15) is 0 Å². The van der Waals surface area contributed by atoms with Crippen LogP contribution in [0.2, 0.25) is 0 Å². The van der Waals surface area contributed by atoms with Crippen LogP contribution in [0.25, 0.3) is 0 Å². The Hall–Kier alpha value is -0.570. The first-order chi connectivity index (χ1) is 4.10. The van der Waals surface area contributed by atoms with Gasteiger partial charge >= 0.3 is 0 Å². The standard InChI is InChI=1S/C6H11NO2/c1-6(9)3-2-5(8)7-4-6/h9H,2-4H2,1H3,(H,7,8). The molecular formula is C6H11NO2. The maximum Gasteiger partial charge on any atom is 0.220 e. The molecular weight excluding hydrogens is 118 g/mol. The molecule has 1 rings (SSSR count). The molecule has 1 unspecified atom stereocenters. The van der Waals surface area contributed by atoms with Crippen LogP contribution in [0, 0.1) is 0 Å². The van der Waals surface area contributed by atoms with E-state index in [-0.39, 0.29) is 5.91 Å². The van der Waals surface area contributed by atoms with Gasteiger partial charge in [0.25, 0.3) is 0 Å².